The van der Waals surface area contributed by atoms with Crippen LogP contribution in [-0.2, 0) is 11.2 Å². The minimum absolute atomic E-state index is 0.101. The molecule has 92 valence electrons. The fraction of sp³-hybridized carbons (Fsp3) is 0.500. The Morgan fingerprint density at radius 2 is 2.24 bits per heavy atom. The highest BCUT2D eigenvalue weighted by atomic mass is 16.1. The van der Waals surface area contributed by atoms with Crippen molar-refractivity contribution in [2.45, 2.75) is 32.2 Å². The number of carbonyl (C=O) groups is 1. The van der Waals surface area contributed by atoms with Crippen LogP contribution in [0, 0.1) is 6.92 Å². The molecule has 3 nitrogen and oxygen atoms in total. The lowest BCUT2D eigenvalue weighted by molar-refractivity contribution is -0.120. The van der Waals surface area contributed by atoms with E-state index in [-0.39, 0.29) is 5.91 Å². The van der Waals surface area contributed by atoms with Crippen LogP contribution in [0.5, 0.6) is 0 Å². The third kappa shape index (κ3) is 4.57. The number of hydrogen-bond acceptors (Lipinski definition) is 2. The van der Waals surface area contributed by atoms with Gasteiger partial charge in [0.2, 0.25) is 5.91 Å². The van der Waals surface area contributed by atoms with Gasteiger partial charge in [-0.1, -0.05) is 29.8 Å². The average Bonchev–Trinajstić information content (AvgIpc) is 3.10. The standard InChI is InChI=1S/C14H20N2O/c1-11-3-2-4-12(9-11)7-8-15-14(17)10-16-13-5-6-13/h2-4,9,13,16H,5-8,10H2,1H3,(H,15,17). The molecule has 17 heavy (non-hydrogen) atoms. The van der Waals surface area contributed by atoms with Gasteiger partial charge in [0.25, 0.3) is 0 Å². The summed E-state index contributed by atoms with van der Waals surface area (Å²) in [6, 6.07) is 9.00. The summed E-state index contributed by atoms with van der Waals surface area (Å²) in [4.78, 5) is 11.5. The van der Waals surface area contributed by atoms with Gasteiger partial charge < -0.3 is 10.6 Å². The number of amides is 1. The molecule has 1 aliphatic rings. The molecule has 3 heteroatoms. The first-order chi connectivity index (χ1) is 8.24. The van der Waals surface area contributed by atoms with E-state index in [1.54, 1.807) is 0 Å². The van der Waals surface area contributed by atoms with E-state index in [1.165, 1.54) is 24.0 Å². The highest BCUT2D eigenvalue weighted by Gasteiger charge is 2.20. The fourth-order valence-corrected chi connectivity index (χ4v) is 1.80. The molecule has 2 rings (SSSR count). The minimum atomic E-state index is 0.101. The molecule has 0 aromatic heterocycles. The maximum atomic E-state index is 11.5. The second kappa shape index (κ2) is 5.82. The van der Waals surface area contributed by atoms with Crippen LogP contribution in [0.25, 0.3) is 0 Å². The first-order valence-electron chi connectivity index (χ1n) is 6.29. The number of benzene rings is 1. The van der Waals surface area contributed by atoms with Crippen LogP contribution >= 0.6 is 0 Å². The molecule has 1 amide bonds. The van der Waals surface area contributed by atoms with Crippen molar-refractivity contribution in [3.05, 3.63) is 35.4 Å². The predicted molar refractivity (Wildman–Crippen MR) is 68.9 cm³/mol. The quantitative estimate of drug-likeness (QED) is 0.778. The summed E-state index contributed by atoms with van der Waals surface area (Å²) in [6.45, 7) is 3.26. The molecule has 0 saturated heterocycles. The molecule has 1 aromatic rings. The first-order valence-corrected chi connectivity index (χ1v) is 6.29. The van der Waals surface area contributed by atoms with Crippen LogP contribution < -0.4 is 10.6 Å². The Morgan fingerprint density at radius 1 is 1.41 bits per heavy atom. The lowest BCUT2D eigenvalue weighted by Crippen LogP contribution is -2.35. The number of carbonyl (C=O) groups excluding carboxylic acids is 1. The van der Waals surface area contributed by atoms with E-state index >= 15 is 0 Å². The van der Waals surface area contributed by atoms with Gasteiger partial charge in [0.15, 0.2) is 0 Å². The summed E-state index contributed by atoms with van der Waals surface area (Å²) in [5.74, 6) is 0.101. The first kappa shape index (κ1) is 12.1. The van der Waals surface area contributed by atoms with Crippen LogP contribution in [0.15, 0.2) is 24.3 Å². The smallest absolute Gasteiger partial charge is 0.233 e. The third-order valence-corrected chi connectivity index (χ3v) is 2.95. The van der Waals surface area contributed by atoms with Gasteiger partial charge in [-0.15, -0.1) is 0 Å². The molecule has 1 aliphatic carbocycles. The highest BCUT2D eigenvalue weighted by molar-refractivity contribution is 5.78. The Balaban J connectivity index is 1.62. The van der Waals surface area contributed by atoms with Gasteiger partial charge in [-0.2, -0.15) is 0 Å². The number of nitrogens with one attached hydrogen (secondary N) is 2. The van der Waals surface area contributed by atoms with Gasteiger partial charge >= 0.3 is 0 Å². The number of aryl methyl sites for hydroxylation is 1. The Morgan fingerprint density at radius 3 is 2.94 bits per heavy atom. The van der Waals surface area contributed by atoms with Crippen molar-refractivity contribution in [1.82, 2.24) is 10.6 Å². The zero-order chi connectivity index (χ0) is 12.1. The molecule has 1 aromatic carbocycles. The van der Waals surface area contributed by atoms with E-state index in [0.717, 1.165) is 6.42 Å². The van der Waals surface area contributed by atoms with Gasteiger partial charge in [-0.05, 0) is 31.7 Å². The van der Waals surface area contributed by atoms with Crippen molar-refractivity contribution >= 4 is 5.91 Å². The predicted octanol–water partition coefficient (Wildman–Crippen LogP) is 1.41. The molecular formula is C14H20N2O. The van der Waals surface area contributed by atoms with E-state index in [9.17, 15) is 4.79 Å². The van der Waals surface area contributed by atoms with E-state index in [1.807, 2.05) is 0 Å². The molecule has 0 unspecified atom stereocenters. The Hall–Kier alpha value is -1.35. The van der Waals surface area contributed by atoms with Gasteiger partial charge in [-0.3, -0.25) is 4.79 Å². The third-order valence-electron chi connectivity index (χ3n) is 2.95. The maximum absolute atomic E-state index is 11.5. The summed E-state index contributed by atoms with van der Waals surface area (Å²) in [6.07, 6.45) is 3.34. The van der Waals surface area contributed by atoms with Crippen molar-refractivity contribution in [2.75, 3.05) is 13.1 Å². The van der Waals surface area contributed by atoms with Crippen molar-refractivity contribution in [1.29, 1.82) is 0 Å². The Kier molecular flexibility index (Phi) is 4.15. The summed E-state index contributed by atoms with van der Waals surface area (Å²) in [5, 5.41) is 6.13. The van der Waals surface area contributed by atoms with Crippen molar-refractivity contribution in [3.63, 3.8) is 0 Å². The largest absolute Gasteiger partial charge is 0.355 e. The second-order valence-corrected chi connectivity index (χ2v) is 4.74. The van der Waals surface area contributed by atoms with Gasteiger partial charge in [-0.25, -0.2) is 0 Å². The van der Waals surface area contributed by atoms with E-state index in [2.05, 4.69) is 41.8 Å². The molecule has 0 bridgehead atoms. The molecule has 0 aliphatic heterocycles. The minimum Gasteiger partial charge on any atom is -0.355 e. The summed E-state index contributed by atoms with van der Waals surface area (Å²) >= 11 is 0. The summed E-state index contributed by atoms with van der Waals surface area (Å²) < 4.78 is 0. The monoisotopic (exact) mass is 232 g/mol. The maximum Gasteiger partial charge on any atom is 0.233 e. The van der Waals surface area contributed by atoms with Crippen molar-refractivity contribution < 1.29 is 4.79 Å². The number of hydrogen-bond donors (Lipinski definition) is 2. The summed E-state index contributed by atoms with van der Waals surface area (Å²) in [7, 11) is 0. The van der Waals surface area contributed by atoms with Crippen LogP contribution in [0.3, 0.4) is 0 Å². The van der Waals surface area contributed by atoms with E-state index < -0.39 is 0 Å². The topological polar surface area (TPSA) is 41.1 Å². The van der Waals surface area contributed by atoms with Crippen LogP contribution in [0.1, 0.15) is 24.0 Å². The lowest BCUT2D eigenvalue weighted by atomic mass is 10.1. The van der Waals surface area contributed by atoms with E-state index in [4.69, 9.17) is 0 Å². The fourth-order valence-electron chi connectivity index (χ4n) is 1.80. The Bertz CT molecular complexity index is 386. The van der Waals surface area contributed by atoms with Gasteiger partial charge in [0.05, 0.1) is 6.54 Å². The van der Waals surface area contributed by atoms with Crippen LogP contribution in [0.2, 0.25) is 0 Å². The number of rotatable bonds is 6. The average molecular weight is 232 g/mol. The highest BCUT2D eigenvalue weighted by Crippen LogP contribution is 2.17. The molecule has 0 spiro atoms. The second-order valence-electron chi connectivity index (χ2n) is 4.74. The molecular weight excluding hydrogens is 212 g/mol. The normalized spacial score (nSPS) is 14.6. The van der Waals surface area contributed by atoms with Gasteiger partial charge in [0.1, 0.15) is 0 Å². The molecule has 0 heterocycles. The SMILES string of the molecule is Cc1cccc(CCNC(=O)CNC2CC2)c1. The zero-order valence-electron chi connectivity index (χ0n) is 10.3. The summed E-state index contributed by atoms with van der Waals surface area (Å²) in [5.41, 5.74) is 2.55. The molecule has 1 saturated carbocycles. The molecule has 0 radical (unpaired) electrons. The van der Waals surface area contributed by atoms with Gasteiger partial charge in [0, 0.05) is 12.6 Å². The molecule has 0 atom stereocenters. The van der Waals surface area contributed by atoms with Crippen molar-refractivity contribution in [3.8, 4) is 0 Å². The van der Waals surface area contributed by atoms with Crippen molar-refractivity contribution in [2.24, 2.45) is 0 Å². The zero-order valence-corrected chi connectivity index (χ0v) is 10.3. The van der Waals surface area contributed by atoms with E-state index in [0.29, 0.717) is 19.1 Å². The molecule has 1 fully saturated rings. The molecule has 2 N–H and O–H groups in total. The van der Waals surface area contributed by atoms with Crippen LogP contribution in [-0.4, -0.2) is 25.0 Å². The van der Waals surface area contributed by atoms with Crippen LogP contribution in [0.4, 0.5) is 0 Å². The lowest BCUT2D eigenvalue weighted by Gasteiger charge is -2.06. The Labute approximate surface area is 103 Å².